The van der Waals surface area contributed by atoms with Crippen molar-refractivity contribution >= 4 is 8.69 Å². The van der Waals surface area contributed by atoms with Gasteiger partial charge in [-0.2, -0.15) is 0 Å². The monoisotopic (exact) mass is 191 g/mol. The fraction of sp³-hybridized carbons (Fsp3) is 1.00. The molecular formula is C9H20O2P+. The van der Waals surface area contributed by atoms with Crippen LogP contribution in [0.4, 0.5) is 0 Å². The van der Waals surface area contributed by atoms with Gasteiger partial charge in [-0.25, -0.2) is 0 Å². The van der Waals surface area contributed by atoms with Crippen LogP contribution < -0.4 is 0 Å². The van der Waals surface area contributed by atoms with Crippen LogP contribution >= 0.6 is 8.69 Å². The molecule has 0 fully saturated rings. The zero-order valence-electron chi connectivity index (χ0n) is 8.30. The van der Waals surface area contributed by atoms with Crippen molar-refractivity contribution in [2.45, 2.75) is 52.6 Å². The summed E-state index contributed by atoms with van der Waals surface area (Å²) in [5.41, 5.74) is 0. The molecule has 0 aromatic carbocycles. The van der Waals surface area contributed by atoms with Crippen molar-refractivity contribution in [3.05, 3.63) is 0 Å². The van der Waals surface area contributed by atoms with E-state index in [1.54, 1.807) is 0 Å². The van der Waals surface area contributed by atoms with Crippen molar-refractivity contribution in [3.63, 3.8) is 0 Å². The van der Waals surface area contributed by atoms with Gasteiger partial charge in [0, 0.05) is 0 Å². The quantitative estimate of drug-likeness (QED) is 0.575. The smallest absolute Gasteiger partial charge is 0.145 e. The molecule has 72 valence electrons. The van der Waals surface area contributed by atoms with Gasteiger partial charge in [-0.1, -0.05) is 33.6 Å². The van der Waals surface area contributed by atoms with Gasteiger partial charge < -0.3 is 0 Å². The molecule has 0 aliphatic carbocycles. The summed E-state index contributed by atoms with van der Waals surface area (Å²) in [7, 11) is -0.601. The Balaban J connectivity index is 3.61. The maximum Gasteiger partial charge on any atom is 0.494 e. The standard InChI is InChI=1S/C9H20O2P/c1-4-5-6-9(11-12-10)7-8(2)3/h8-9,12H,4-7H2,1-3H3/q+1. The van der Waals surface area contributed by atoms with E-state index in [0.717, 1.165) is 12.8 Å². The van der Waals surface area contributed by atoms with Crippen molar-refractivity contribution in [2.24, 2.45) is 5.92 Å². The molecule has 0 aromatic rings. The number of rotatable bonds is 7. The summed E-state index contributed by atoms with van der Waals surface area (Å²) in [6, 6.07) is 0. The molecule has 0 aromatic heterocycles. The molecule has 2 unspecified atom stereocenters. The van der Waals surface area contributed by atoms with Crippen LogP contribution in [-0.2, 0) is 9.09 Å². The highest BCUT2D eigenvalue weighted by atomic mass is 31.1. The van der Waals surface area contributed by atoms with Crippen LogP contribution in [0.3, 0.4) is 0 Å². The van der Waals surface area contributed by atoms with E-state index in [4.69, 9.17) is 4.52 Å². The Morgan fingerprint density at radius 2 is 2.08 bits per heavy atom. The third-order valence-corrected chi connectivity index (χ3v) is 2.26. The van der Waals surface area contributed by atoms with Gasteiger partial charge in [0.1, 0.15) is 6.10 Å². The second-order valence-electron chi connectivity index (χ2n) is 3.59. The Morgan fingerprint density at radius 3 is 2.50 bits per heavy atom. The largest absolute Gasteiger partial charge is 0.494 e. The highest BCUT2D eigenvalue weighted by Gasteiger charge is 2.14. The van der Waals surface area contributed by atoms with Gasteiger partial charge in [-0.15, -0.1) is 4.52 Å². The molecule has 0 saturated carbocycles. The van der Waals surface area contributed by atoms with E-state index >= 15 is 0 Å². The van der Waals surface area contributed by atoms with Gasteiger partial charge in [0.15, 0.2) is 0 Å². The van der Waals surface area contributed by atoms with Crippen molar-refractivity contribution in [1.29, 1.82) is 0 Å². The third-order valence-electron chi connectivity index (χ3n) is 1.83. The number of hydrogen-bond acceptors (Lipinski definition) is 2. The summed E-state index contributed by atoms with van der Waals surface area (Å²) in [6.07, 6.45) is 4.63. The zero-order chi connectivity index (χ0) is 9.40. The van der Waals surface area contributed by atoms with E-state index in [2.05, 4.69) is 20.8 Å². The first-order valence-corrected chi connectivity index (χ1v) is 5.55. The van der Waals surface area contributed by atoms with Gasteiger partial charge in [0.25, 0.3) is 0 Å². The van der Waals surface area contributed by atoms with E-state index < -0.39 is 8.69 Å². The second-order valence-corrected chi connectivity index (χ2v) is 4.00. The fourth-order valence-corrected chi connectivity index (χ4v) is 1.60. The van der Waals surface area contributed by atoms with Crippen LogP contribution in [0.15, 0.2) is 0 Å². The normalized spacial score (nSPS) is 14.0. The van der Waals surface area contributed by atoms with Crippen LogP contribution in [0.2, 0.25) is 0 Å². The molecule has 0 bridgehead atoms. The van der Waals surface area contributed by atoms with E-state index in [1.807, 2.05) is 0 Å². The summed E-state index contributed by atoms with van der Waals surface area (Å²) >= 11 is 0. The van der Waals surface area contributed by atoms with Crippen molar-refractivity contribution in [1.82, 2.24) is 0 Å². The first kappa shape index (κ1) is 12.1. The molecule has 0 aliphatic heterocycles. The maximum absolute atomic E-state index is 10.3. The molecule has 12 heavy (non-hydrogen) atoms. The lowest BCUT2D eigenvalue weighted by Gasteiger charge is -2.11. The molecule has 0 heterocycles. The van der Waals surface area contributed by atoms with Gasteiger partial charge in [0.2, 0.25) is 0 Å². The summed E-state index contributed by atoms with van der Waals surface area (Å²) in [5.74, 6) is 0.628. The van der Waals surface area contributed by atoms with Crippen LogP contribution in [0.1, 0.15) is 46.5 Å². The lowest BCUT2D eigenvalue weighted by atomic mass is 10.0. The highest BCUT2D eigenvalue weighted by Crippen LogP contribution is 2.18. The van der Waals surface area contributed by atoms with E-state index in [0.29, 0.717) is 5.92 Å². The molecule has 0 aliphatic rings. The lowest BCUT2D eigenvalue weighted by Crippen LogP contribution is -2.10. The second kappa shape index (κ2) is 7.70. The van der Waals surface area contributed by atoms with Crippen LogP contribution in [0, 0.1) is 5.92 Å². The average molecular weight is 191 g/mol. The van der Waals surface area contributed by atoms with E-state index in [1.165, 1.54) is 12.8 Å². The zero-order valence-corrected chi connectivity index (χ0v) is 9.30. The molecule has 0 spiro atoms. The Morgan fingerprint density at radius 1 is 1.42 bits per heavy atom. The molecule has 2 atom stereocenters. The minimum Gasteiger partial charge on any atom is -0.145 e. The Bertz CT molecular complexity index is 115. The number of hydrogen-bond donors (Lipinski definition) is 0. The molecule has 0 saturated heterocycles. The molecule has 0 amide bonds. The molecule has 0 rings (SSSR count). The Kier molecular flexibility index (Phi) is 7.73. The molecule has 2 nitrogen and oxygen atoms in total. The van der Waals surface area contributed by atoms with Crippen molar-refractivity contribution < 1.29 is 9.09 Å². The van der Waals surface area contributed by atoms with Gasteiger partial charge in [-0.05, 0) is 23.3 Å². The van der Waals surface area contributed by atoms with Crippen molar-refractivity contribution in [2.75, 3.05) is 0 Å². The number of unbranched alkanes of at least 4 members (excludes halogenated alkanes) is 1. The fourth-order valence-electron chi connectivity index (χ4n) is 1.25. The minimum atomic E-state index is -0.601. The summed E-state index contributed by atoms with van der Waals surface area (Å²) in [5, 5.41) is 0. The summed E-state index contributed by atoms with van der Waals surface area (Å²) in [4.78, 5) is 0. The van der Waals surface area contributed by atoms with E-state index in [9.17, 15) is 4.57 Å². The van der Waals surface area contributed by atoms with Gasteiger partial charge in [-0.3, -0.25) is 0 Å². The van der Waals surface area contributed by atoms with Crippen molar-refractivity contribution in [3.8, 4) is 0 Å². The molecule has 0 N–H and O–H groups in total. The Labute approximate surface area is 77.0 Å². The highest BCUT2D eigenvalue weighted by molar-refractivity contribution is 7.17. The van der Waals surface area contributed by atoms with Crippen LogP contribution in [0.5, 0.6) is 0 Å². The predicted octanol–water partition coefficient (Wildman–Crippen LogP) is 3.55. The average Bonchev–Trinajstić information content (AvgIpc) is 2.00. The van der Waals surface area contributed by atoms with Crippen LogP contribution in [-0.4, -0.2) is 6.10 Å². The topological polar surface area (TPSA) is 26.3 Å². The minimum absolute atomic E-state index is 0.209. The Hall–Kier alpha value is 0.0600. The first-order chi connectivity index (χ1) is 5.70. The van der Waals surface area contributed by atoms with Gasteiger partial charge in [0.05, 0.1) is 0 Å². The first-order valence-electron chi connectivity index (χ1n) is 4.73. The van der Waals surface area contributed by atoms with E-state index in [-0.39, 0.29) is 6.10 Å². The third kappa shape index (κ3) is 6.75. The molecular weight excluding hydrogens is 171 g/mol. The molecule has 0 radical (unpaired) electrons. The van der Waals surface area contributed by atoms with Gasteiger partial charge >= 0.3 is 8.69 Å². The SMILES string of the molecule is CCCCC(CC(C)C)O[PH+]=O. The predicted molar refractivity (Wildman–Crippen MR) is 52.9 cm³/mol. The lowest BCUT2D eigenvalue weighted by molar-refractivity contribution is 0.180. The summed E-state index contributed by atoms with van der Waals surface area (Å²) in [6.45, 7) is 6.48. The summed E-state index contributed by atoms with van der Waals surface area (Å²) < 4.78 is 15.4. The molecule has 3 heteroatoms. The maximum atomic E-state index is 10.3. The van der Waals surface area contributed by atoms with Crippen LogP contribution in [0.25, 0.3) is 0 Å².